The molecule has 0 saturated carbocycles. The molecule has 0 radical (unpaired) electrons. The van der Waals surface area contributed by atoms with E-state index >= 15 is 0 Å². The van der Waals surface area contributed by atoms with Gasteiger partial charge < -0.3 is 15.4 Å². The summed E-state index contributed by atoms with van der Waals surface area (Å²) >= 11 is 8.70. The van der Waals surface area contributed by atoms with E-state index in [1.54, 1.807) is 13.3 Å². The number of para-hydroxylation sites is 1. The third-order valence-electron chi connectivity index (χ3n) is 2.74. The molecule has 2 N–H and O–H groups in total. The van der Waals surface area contributed by atoms with Crippen LogP contribution in [0.25, 0.3) is 10.9 Å². The zero-order valence-corrected chi connectivity index (χ0v) is 13.6. The maximum Gasteiger partial charge on any atom is 0.170 e. The zero-order valence-electron chi connectivity index (χ0n) is 11.1. The molecule has 0 saturated heterocycles. The predicted octanol–water partition coefficient (Wildman–Crippen LogP) is 3.32. The topological polar surface area (TPSA) is 46.2 Å². The van der Waals surface area contributed by atoms with Crippen LogP contribution in [0.4, 0.5) is 5.69 Å². The molecule has 0 fully saturated rings. The highest BCUT2D eigenvalue weighted by Crippen LogP contribution is 2.23. The van der Waals surface area contributed by atoms with Crippen LogP contribution in [0.15, 0.2) is 34.9 Å². The summed E-state index contributed by atoms with van der Waals surface area (Å²) in [5, 5.41) is 7.99. The van der Waals surface area contributed by atoms with Gasteiger partial charge in [0.1, 0.15) is 0 Å². The molecule has 1 aromatic carbocycles. The second-order valence-corrected chi connectivity index (χ2v) is 5.58. The van der Waals surface area contributed by atoms with Crippen molar-refractivity contribution in [1.29, 1.82) is 0 Å². The summed E-state index contributed by atoms with van der Waals surface area (Å²) in [5.74, 6) is 0. The second kappa shape index (κ2) is 7.52. The number of halogens is 1. The van der Waals surface area contributed by atoms with Gasteiger partial charge in [-0.05, 0) is 46.7 Å². The van der Waals surface area contributed by atoms with E-state index in [0.29, 0.717) is 5.11 Å². The Hall–Kier alpha value is -1.24. The van der Waals surface area contributed by atoms with E-state index in [1.807, 2.05) is 24.3 Å². The van der Waals surface area contributed by atoms with Gasteiger partial charge in [-0.15, -0.1) is 0 Å². The van der Waals surface area contributed by atoms with Crippen molar-refractivity contribution < 1.29 is 4.74 Å². The molecule has 6 heteroatoms. The first-order valence-corrected chi connectivity index (χ1v) is 7.49. The number of nitrogens with one attached hydrogen (secondary N) is 2. The minimum atomic E-state index is 0.596. The van der Waals surface area contributed by atoms with E-state index in [2.05, 4.69) is 31.5 Å². The monoisotopic (exact) mass is 353 g/mol. The van der Waals surface area contributed by atoms with Gasteiger partial charge in [0.15, 0.2) is 5.11 Å². The molecule has 2 rings (SSSR count). The van der Waals surface area contributed by atoms with E-state index < -0.39 is 0 Å². The highest BCUT2D eigenvalue weighted by Gasteiger charge is 2.04. The number of thiocarbonyl (C=S) groups is 1. The Balaban J connectivity index is 2.04. The summed E-state index contributed by atoms with van der Waals surface area (Å²) in [6, 6.07) is 7.99. The lowest BCUT2D eigenvalue weighted by Gasteiger charge is -2.12. The van der Waals surface area contributed by atoms with Crippen molar-refractivity contribution in [3.8, 4) is 0 Å². The molecule has 20 heavy (non-hydrogen) atoms. The Bertz CT molecular complexity index is 606. The van der Waals surface area contributed by atoms with Gasteiger partial charge in [0.05, 0.1) is 11.2 Å². The molecule has 0 spiro atoms. The van der Waals surface area contributed by atoms with Gasteiger partial charge in [0.2, 0.25) is 0 Å². The minimum Gasteiger partial charge on any atom is -0.385 e. The summed E-state index contributed by atoms with van der Waals surface area (Å²) in [4.78, 5) is 4.43. The molecule has 0 aliphatic heterocycles. The number of hydrogen-bond donors (Lipinski definition) is 2. The standard InChI is InChI=1S/C14H16BrN3OS/c1-19-7-3-6-16-14(20)18-12-5-2-4-10-8-11(15)9-17-13(10)12/h2,4-5,8-9H,3,6-7H2,1H3,(H2,16,18,20). The normalized spacial score (nSPS) is 10.5. The highest BCUT2D eigenvalue weighted by atomic mass is 79.9. The molecular weight excluding hydrogens is 338 g/mol. The first-order valence-electron chi connectivity index (χ1n) is 6.29. The number of pyridine rings is 1. The van der Waals surface area contributed by atoms with Crippen molar-refractivity contribution in [3.05, 3.63) is 34.9 Å². The zero-order chi connectivity index (χ0) is 14.4. The molecule has 2 aromatic rings. The van der Waals surface area contributed by atoms with E-state index in [-0.39, 0.29) is 0 Å². The summed E-state index contributed by atoms with van der Waals surface area (Å²) < 4.78 is 5.95. The van der Waals surface area contributed by atoms with Gasteiger partial charge in [-0.3, -0.25) is 4.98 Å². The molecular formula is C14H16BrN3OS. The van der Waals surface area contributed by atoms with Crippen LogP contribution < -0.4 is 10.6 Å². The smallest absolute Gasteiger partial charge is 0.170 e. The van der Waals surface area contributed by atoms with Crippen LogP contribution in [0.3, 0.4) is 0 Å². The van der Waals surface area contributed by atoms with Crippen molar-refractivity contribution >= 4 is 49.9 Å². The Morgan fingerprint density at radius 1 is 1.45 bits per heavy atom. The highest BCUT2D eigenvalue weighted by molar-refractivity contribution is 9.10. The minimum absolute atomic E-state index is 0.596. The number of ether oxygens (including phenoxy) is 1. The largest absolute Gasteiger partial charge is 0.385 e. The van der Waals surface area contributed by atoms with Crippen molar-refractivity contribution in [2.75, 3.05) is 25.6 Å². The van der Waals surface area contributed by atoms with Crippen LogP contribution in [-0.2, 0) is 4.74 Å². The third kappa shape index (κ3) is 4.13. The average molecular weight is 354 g/mol. The van der Waals surface area contributed by atoms with Gasteiger partial charge in [-0.25, -0.2) is 0 Å². The van der Waals surface area contributed by atoms with Crippen molar-refractivity contribution in [2.24, 2.45) is 0 Å². The van der Waals surface area contributed by atoms with Gasteiger partial charge >= 0.3 is 0 Å². The number of benzene rings is 1. The second-order valence-electron chi connectivity index (χ2n) is 4.26. The molecule has 0 aliphatic rings. The van der Waals surface area contributed by atoms with Crippen LogP contribution in [-0.4, -0.2) is 30.4 Å². The summed E-state index contributed by atoms with van der Waals surface area (Å²) in [7, 11) is 1.69. The maximum atomic E-state index is 5.27. The molecule has 0 bridgehead atoms. The predicted molar refractivity (Wildman–Crippen MR) is 90.2 cm³/mol. The number of nitrogens with zero attached hydrogens (tertiary/aromatic N) is 1. The lowest BCUT2D eigenvalue weighted by atomic mass is 10.2. The third-order valence-corrected chi connectivity index (χ3v) is 3.42. The molecule has 0 unspecified atom stereocenters. The SMILES string of the molecule is COCCCNC(=S)Nc1cccc2cc(Br)cnc12. The number of methoxy groups -OCH3 is 1. The van der Waals surface area contributed by atoms with Crippen LogP contribution in [0, 0.1) is 0 Å². The van der Waals surface area contributed by atoms with Crippen LogP contribution in [0.1, 0.15) is 6.42 Å². The number of rotatable bonds is 5. The summed E-state index contributed by atoms with van der Waals surface area (Å²) in [6.07, 6.45) is 2.70. The molecule has 0 aliphatic carbocycles. The summed E-state index contributed by atoms with van der Waals surface area (Å²) in [5.41, 5.74) is 1.80. The first kappa shape index (κ1) is 15.2. The molecule has 0 amide bonds. The lowest BCUT2D eigenvalue weighted by Crippen LogP contribution is -2.29. The fraction of sp³-hybridized carbons (Fsp3) is 0.286. The number of aromatic nitrogens is 1. The Morgan fingerprint density at radius 3 is 3.10 bits per heavy atom. The van der Waals surface area contributed by atoms with Gasteiger partial charge in [-0.2, -0.15) is 0 Å². The maximum absolute atomic E-state index is 5.27. The van der Waals surface area contributed by atoms with E-state index in [1.165, 1.54) is 0 Å². The molecule has 1 aromatic heterocycles. The Morgan fingerprint density at radius 2 is 2.30 bits per heavy atom. The van der Waals surface area contributed by atoms with Crippen molar-refractivity contribution in [3.63, 3.8) is 0 Å². The quantitative estimate of drug-likeness (QED) is 0.637. The molecule has 106 valence electrons. The van der Waals surface area contributed by atoms with Gasteiger partial charge in [0, 0.05) is 36.3 Å². The van der Waals surface area contributed by atoms with Gasteiger partial charge in [0.25, 0.3) is 0 Å². The first-order chi connectivity index (χ1) is 9.70. The van der Waals surface area contributed by atoms with Crippen LogP contribution in [0.5, 0.6) is 0 Å². The average Bonchev–Trinajstić information content (AvgIpc) is 2.43. The summed E-state index contributed by atoms with van der Waals surface area (Å²) in [6.45, 7) is 1.50. The van der Waals surface area contributed by atoms with Crippen molar-refractivity contribution in [2.45, 2.75) is 6.42 Å². The van der Waals surface area contributed by atoms with Crippen molar-refractivity contribution in [1.82, 2.24) is 10.3 Å². The van der Waals surface area contributed by atoms with E-state index in [0.717, 1.165) is 40.6 Å². The van der Waals surface area contributed by atoms with E-state index in [4.69, 9.17) is 17.0 Å². The van der Waals surface area contributed by atoms with Crippen LogP contribution >= 0.6 is 28.1 Å². The fourth-order valence-corrected chi connectivity index (χ4v) is 2.38. The lowest BCUT2D eigenvalue weighted by molar-refractivity contribution is 0.196. The van der Waals surface area contributed by atoms with Gasteiger partial charge in [-0.1, -0.05) is 12.1 Å². The Labute approximate surface area is 132 Å². The Kier molecular flexibility index (Phi) is 5.70. The number of hydrogen-bond acceptors (Lipinski definition) is 3. The number of fused-ring (bicyclic) bond motifs is 1. The number of anilines is 1. The molecule has 0 atom stereocenters. The van der Waals surface area contributed by atoms with E-state index in [9.17, 15) is 0 Å². The fourth-order valence-electron chi connectivity index (χ4n) is 1.82. The van der Waals surface area contributed by atoms with Crippen LogP contribution in [0.2, 0.25) is 0 Å². The molecule has 1 heterocycles. The molecule has 4 nitrogen and oxygen atoms in total.